The van der Waals surface area contributed by atoms with Gasteiger partial charge in [0.1, 0.15) is 0 Å². The van der Waals surface area contributed by atoms with Crippen LogP contribution in [0.15, 0.2) is 16.6 Å². The summed E-state index contributed by atoms with van der Waals surface area (Å²) in [5.41, 5.74) is 6.50. The standard InChI is InChI=1S/C7H7BrN2O2/c1-4-6(9)2-5(8)3-7(4)10(11)12/h2-3H,9H2,1H3. The molecule has 0 saturated carbocycles. The van der Waals surface area contributed by atoms with E-state index in [9.17, 15) is 10.1 Å². The summed E-state index contributed by atoms with van der Waals surface area (Å²) < 4.78 is 0.622. The first-order chi connectivity index (χ1) is 5.52. The van der Waals surface area contributed by atoms with Crippen molar-refractivity contribution in [2.75, 3.05) is 5.73 Å². The maximum absolute atomic E-state index is 10.5. The highest BCUT2D eigenvalue weighted by molar-refractivity contribution is 9.10. The number of nitro benzene ring substituents is 1. The lowest BCUT2D eigenvalue weighted by atomic mass is 10.2. The Hall–Kier alpha value is -1.10. The normalized spacial score (nSPS) is 9.83. The van der Waals surface area contributed by atoms with Gasteiger partial charge in [0, 0.05) is 21.8 Å². The Balaban J connectivity index is 3.37. The lowest BCUT2D eigenvalue weighted by Gasteiger charge is -2.01. The van der Waals surface area contributed by atoms with E-state index < -0.39 is 4.92 Å². The summed E-state index contributed by atoms with van der Waals surface area (Å²) in [5, 5.41) is 10.5. The molecule has 0 bridgehead atoms. The number of hydrogen-bond donors (Lipinski definition) is 1. The van der Waals surface area contributed by atoms with Gasteiger partial charge < -0.3 is 5.73 Å². The second-order valence-electron chi connectivity index (χ2n) is 2.40. The van der Waals surface area contributed by atoms with Gasteiger partial charge in [-0.1, -0.05) is 15.9 Å². The van der Waals surface area contributed by atoms with Crippen molar-refractivity contribution in [2.45, 2.75) is 6.92 Å². The lowest BCUT2D eigenvalue weighted by molar-refractivity contribution is -0.385. The third-order valence-corrected chi connectivity index (χ3v) is 2.04. The van der Waals surface area contributed by atoms with Crippen molar-refractivity contribution >= 4 is 27.3 Å². The van der Waals surface area contributed by atoms with E-state index in [0.717, 1.165) is 0 Å². The molecule has 2 N–H and O–H groups in total. The number of nitrogens with zero attached hydrogens (tertiary/aromatic N) is 1. The molecule has 64 valence electrons. The fraction of sp³-hybridized carbons (Fsp3) is 0.143. The molecule has 0 spiro atoms. The Labute approximate surface area is 77.7 Å². The van der Waals surface area contributed by atoms with Gasteiger partial charge in [-0.05, 0) is 13.0 Å². The average molecular weight is 231 g/mol. The van der Waals surface area contributed by atoms with Crippen molar-refractivity contribution < 1.29 is 4.92 Å². The predicted octanol–water partition coefficient (Wildman–Crippen LogP) is 2.25. The third-order valence-electron chi connectivity index (χ3n) is 1.58. The molecule has 0 radical (unpaired) electrons. The van der Waals surface area contributed by atoms with Crippen molar-refractivity contribution in [3.05, 3.63) is 32.3 Å². The van der Waals surface area contributed by atoms with Crippen LogP contribution >= 0.6 is 15.9 Å². The van der Waals surface area contributed by atoms with E-state index in [1.807, 2.05) is 0 Å². The van der Waals surface area contributed by atoms with Crippen LogP contribution in [0.1, 0.15) is 5.56 Å². The molecule has 1 rings (SSSR count). The number of nitrogens with two attached hydrogens (primary N) is 1. The quantitative estimate of drug-likeness (QED) is 0.457. The molecule has 0 atom stereocenters. The molecule has 5 heteroatoms. The Kier molecular flexibility index (Phi) is 2.32. The SMILES string of the molecule is Cc1c(N)cc(Br)cc1[N+](=O)[O-]. The van der Waals surface area contributed by atoms with Gasteiger partial charge in [-0.3, -0.25) is 10.1 Å². The average Bonchev–Trinajstić information content (AvgIpc) is 1.96. The van der Waals surface area contributed by atoms with E-state index in [4.69, 9.17) is 5.73 Å². The Morgan fingerprint density at radius 1 is 1.58 bits per heavy atom. The highest BCUT2D eigenvalue weighted by Crippen LogP contribution is 2.27. The van der Waals surface area contributed by atoms with Gasteiger partial charge in [0.05, 0.1) is 4.92 Å². The van der Waals surface area contributed by atoms with Crippen LogP contribution in [0.2, 0.25) is 0 Å². The topological polar surface area (TPSA) is 69.2 Å². The first kappa shape index (κ1) is 8.99. The molecule has 0 fully saturated rings. The summed E-state index contributed by atoms with van der Waals surface area (Å²) in [6.45, 7) is 1.62. The molecular weight excluding hydrogens is 224 g/mol. The van der Waals surface area contributed by atoms with Crippen LogP contribution < -0.4 is 5.73 Å². The van der Waals surface area contributed by atoms with Crippen LogP contribution in [0.4, 0.5) is 11.4 Å². The molecule has 12 heavy (non-hydrogen) atoms. The van der Waals surface area contributed by atoms with Gasteiger partial charge in [-0.15, -0.1) is 0 Å². The largest absolute Gasteiger partial charge is 0.398 e. The molecule has 0 amide bonds. The first-order valence-corrected chi connectivity index (χ1v) is 4.01. The van der Waals surface area contributed by atoms with Gasteiger partial charge in [-0.2, -0.15) is 0 Å². The highest BCUT2D eigenvalue weighted by atomic mass is 79.9. The molecule has 4 nitrogen and oxygen atoms in total. The zero-order valence-electron chi connectivity index (χ0n) is 6.37. The molecule has 0 heterocycles. The van der Waals surface area contributed by atoms with Crippen LogP contribution in [0, 0.1) is 17.0 Å². The van der Waals surface area contributed by atoms with Crippen LogP contribution in [0.5, 0.6) is 0 Å². The number of halogens is 1. The number of nitrogen functional groups attached to an aromatic ring is 1. The minimum Gasteiger partial charge on any atom is -0.398 e. The third kappa shape index (κ3) is 1.55. The predicted molar refractivity (Wildman–Crippen MR) is 49.9 cm³/mol. The van der Waals surface area contributed by atoms with Crippen LogP contribution in [-0.4, -0.2) is 4.92 Å². The fourth-order valence-corrected chi connectivity index (χ4v) is 1.34. The first-order valence-electron chi connectivity index (χ1n) is 3.22. The Morgan fingerprint density at radius 3 is 2.67 bits per heavy atom. The van der Waals surface area contributed by atoms with Crippen molar-refractivity contribution in [1.29, 1.82) is 0 Å². The molecule has 0 unspecified atom stereocenters. The zero-order valence-corrected chi connectivity index (χ0v) is 7.96. The number of nitro groups is 1. The monoisotopic (exact) mass is 230 g/mol. The summed E-state index contributed by atoms with van der Waals surface area (Å²) in [4.78, 5) is 10.0. The number of rotatable bonds is 1. The van der Waals surface area contributed by atoms with E-state index in [0.29, 0.717) is 15.7 Å². The summed E-state index contributed by atoms with van der Waals surface area (Å²) >= 11 is 3.13. The zero-order chi connectivity index (χ0) is 9.30. The number of benzene rings is 1. The second kappa shape index (κ2) is 3.10. The summed E-state index contributed by atoms with van der Waals surface area (Å²) in [6, 6.07) is 3.08. The minimum absolute atomic E-state index is 0.0434. The number of anilines is 1. The number of hydrogen-bond acceptors (Lipinski definition) is 3. The van der Waals surface area contributed by atoms with Gasteiger partial charge in [0.2, 0.25) is 0 Å². The second-order valence-corrected chi connectivity index (χ2v) is 3.31. The van der Waals surface area contributed by atoms with Crippen molar-refractivity contribution in [3.63, 3.8) is 0 Å². The molecular formula is C7H7BrN2O2. The fourth-order valence-electron chi connectivity index (χ4n) is 0.875. The van der Waals surface area contributed by atoms with E-state index in [-0.39, 0.29) is 5.69 Å². The molecule has 0 saturated heterocycles. The molecule has 1 aromatic rings. The molecule has 0 aromatic heterocycles. The maximum atomic E-state index is 10.5. The van der Waals surface area contributed by atoms with E-state index in [1.54, 1.807) is 13.0 Å². The van der Waals surface area contributed by atoms with Crippen molar-refractivity contribution in [2.24, 2.45) is 0 Å². The van der Waals surface area contributed by atoms with Crippen LogP contribution in [0.3, 0.4) is 0 Å². The Morgan fingerprint density at radius 2 is 2.17 bits per heavy atom. The van der Waals surface area contributed by atoms with Crippen molar-refractivity contribution in [1.82, 2.24) is 0 Å². The van der Waals surface area contributed by atoms with Gasteiger partial charge >= 0.3 is 0 Å². The van der Waals surface area contributed by atoms with E-state index in [2.05, 4.69) is 15.9 Å². The van der Waals surface area contributed by atoms with Gasteiger partial charge in [0.25, 0.3) is 5.69 Å². The maximum Gasteiger partial charge on any atom is 0.275 e. The van der Waals surface area contributed by atoms with E-state index >= 15 is 0 Å². The molecule has 0 aliphatic heterocycles. The van der Waals surface area contributed by atoms with E-state index in [1.165, 1.54) is 6.07 Å². The van der Waals surface area contributed by atoms with Gasteiger partial charge in [0.15, 0.2) is 0 Å². The summed E-state index contributed by atoms with van der Waals surface area (Å²) in [6.07, 6.45) is 0. The van der Waals surface area contributed by atoms with Crippen LogP contribution in [-0.2, 0) is 0 Å². The summed E-state index contributed by atoms with van der Waals surface area (Å²) in [7, 11) is 0. The summed E-state index contributed by atoms with van der Waals surface area (Å²) in [5.74, 6) is 0. The molecule has 1 aromatic carbocycles. The van der Waals surface area contributed by atoms with Gasteiger partial charge in [-0.25, -0.2) is 0 Å². The van der Waals surface area contributed by atoms with Crippen LogP contribution in [0.25, 0.3) is 0 Å². The smallest absolute Gasteiger partial charge is 0.275 e. The minimum atomic E-state index is -0.448. The lowest BCUT2D eigenvalue weighted by Crippen LogP contribution is -1.96. The Bertz CT molecular complexity index is 338. The molecule has 0 aliphatic rings. The molecule has 0 aliphatic carbocycles. The van der Waals surface area contributed by atoms with Crippen molar-refractivity contribution in [3.8, 4) is 0 Å². The highest BCUT2D eigenvalue weighted by Gasteiger charge is 2.13.